The highest BCUT2D eigenvalue weighted by molar-refractivity contribution is 5.75. The molecule has 0 radical (unpaired) electrons. The van der Waals surface area contributed by atoms with E-state index in [0.717, 1.165) is 22.9 Å². The van der Waals surface area contributed by atoms with Gasteiger partial charge in [-0.2, -0.15) is 0 Å². The molecule has 2 heterocycles. The van der Waals surface area contributed by atoms with Crippen molar-refractivity contribution in [1.29, 1.82) is 0 Å². The summed E-state index contributed by atoms with van der Waals surface area (Å²) in [6.45, 7) is 1.93. The molecule has 1 fully saturated rings. The van der Waals surface area contributed by atoms with Gasteiger partial charge in [-0.15, -0.1) is 0 Å². The fourth-order valence-corrected chi connectivity index (χ4v) is 2.18. The Labute approximate surface area is 104 Å². The third-order valence-corrected chi connectivity index (χ3v) is 3.27. The first kappa shape index (κ1) is 11.0. The molecular formula is C13H13N3O2. The van der Waals surface area contributed by atoms with Crippen LogP contribution >= 0.6 is 0 Å². The molecular weight excluding hydrogens is 230 g/mol. The van der Waals surface area contributed by atoms with Gasteiger partial charge in [0, 0.05) is 17.8 Å². The Balaban J connectivity index is 1.91. The lowest BCUT2D eigenvalue weighted by atomic mass is 10.2. The van der Waals surface area contributed by atoms with Gasteiger partial charge in [-0.05, 0) is 25.5 Å². The zero-order valence-electron chi connectivity index (χ0n) is 9.92. The molecule has 2 aromatic heterocycles. The second kappa shape index (κ2) is 3.94. The first-order valence-corrected chi connectivity index (χ1v) is 5.87. The number of pyridine rings is 1. The largest absolute Gasteiger partial charge is 0.481 e. The number of H-pyrrole nitrogens is 1. The van der Waals surface area contributed by atoms with Crippen molar-refractivity contribution < 1.29 is 9.90 Å². The molecule has 0 saturated heterocycles. The average Bonchev–Trinajstić information content (AvgIpc) is 3.08. The number of aryl methyl sites for hydroxylation is 1. The van der Waals surface area contributed by atoms with Crippen molar-refractivity contribution in [3.05, 3.63) is 35.9 Å². The van der Waals surface area contributed by atoms with Crippen molar-refractivity contribution >= 4 is 5.97 Å². The van der Waals surface area contributed by atoms with Crippen LogP contribution in [0.1, 0.15) is 23.9 Å². The summed E-state index contributed by atoms with van der Waals surface area (Å²) in [6, 6.07) is 5.66. The monoisotopic (exact) mass is 243 g/mol. The Morgan fingerprint density at radius 2 is 2.33 bits per heavy atom. The minimum Gasteiger partial charge on any atom is -0.481 e. The van der Waals surface area contributed by atoms with Crippen molar-refractivity contribution in [2.45, 2.75) is 19.3 Å². The minimum absolute atomic E-state index is 0.0265. The summed E-state index contributed by atoms with van der Waals surface area (Å²) in [5.74, 6) is -0.236. The molecule has 2 atom stereocenters. The zero-order chi connectivity index (χ0) is 12.7. The molecule has 2 unspecified atom stereocenters. The molecule has 3 rings (SSSR count). The van der Waals surface area contributed by atoms with Crippen LogP contribution in [0.2, 0.25) is 0 Å². The summed E-state index contributed by atoms with van der Waals surface area (Å²) in [4.78, 5) is 22.8. The third-order valence-electron chi connectivity index (χ3n) is 3.27. The molecule has 0 bridgehead atoms. The number of aromatic amines is 1. The van der Waals surface area contributed by atoms with Crippen LogP contribution in [0.3, 0.4) is 0 Å². The van der Waals surface area contributed by atoms with E-state index in [1.165, 1.54) is 0 Å². The van der Waals surface area contributed by atoms with Gasteiger partial charge in [0.15, 0.2) is 0 Å². The highest BCUT2D eigenvalue weighted by Gasteiger charge is 2.46. The van der Waals surface area contributed by atoms with Crippen LogP contribution in [0.15, 0.2) is 24.4 Å². The Morgan fingerprint density at radius 3 is 2.94 bits per heavy atom. The summed E-state index contributed by atoms with van der Waals surface area (Å²) < 4.78 is 0. The van der Waals surface area contributed by atoms with E-state index in [0.29, 0.717) is 6.42 Å². The maximum absolute atomic E-state index is 10.9. The van der Waals surface area contributed by atoms with Crippen molar-refractivity contribution in [2.24, 2.45) is 5.92 Å². The fourth-order valence-electron chi connectivity index (χ4n) is 2.18. The number of carbonyl (C=O) groups is 1. The van der Waals surface area contributed by atoms with E-state index < -0.39 is 5.97 Å². The predicted octanol–water partition coefficient (Wildman–Crippen LogP) is 1.97. The van der Waals surface area contributed by atoms with E-state index in [4.69, 9.17) is 5.11 Å². The summed E-state index contributed by atoms with van der Waals surface area (Å²) >= 11 is 0. The molecule has 2 N–H and O–H groups in total. The van der Waals surface area contributed by atoms with Crippen LogP contribution < -0.4 is 0 Å². The maximum Gasteiger partial charge on any atom is 0.307 e. The number of carboxylic acid groups (broad SMARTS) is 1. The highest BCUT2D eigenvalue weighted by atomic mass is 16.4. The topological polar surface area (TPSA) is 78.9 Å². The second-order valence-electron chi connectivity index (χ2n) is 4.60. The van der Waals surface area contributed by atoms with Crippen LogP contribution in [0.5, 0.6) is 0 Å². The molecule has 0 amide bonds. The number of carboxylic acids is 1. The van der Waals surface area contributed by atoms with E-state index in [1.54, 1.807) is 6.20 Å². The molecule has 2 aromatic rings. The minimum atomic E-state index is -0.742. The third kappa shape index (κ3) is 1.77. The Morgan fingerprint density at radius 1 is 1.50 bits per heavy atom. The number of aromatic nitrogens is 3. The molecule has 1 aliphatic carbocycles. The van der Waals surface area contributed by atoms with Crippen LogP contribution in [0.25, 0.3) is 11.4 Å². The molecule has 0 spiro atoms. The van der Waals surface area contributed by atoms with Crippen LogP contribution in [0, 0.1) is 12.8 Å². The second-order valence-corrected chi connectivity index (χ2v) is 4.60. The van der Waals surface area contributed by atoms with E-state index in [-0.39, 0.29) is 11.8 Å². The van der Waals surface area contributed by atoms with Gasteiger partial charge in [0.2, 0.25) is 0 Å². The number of hydrogen-bond acceptors (Lipinski definition) is 3. The van der Waals surface area contributed by atoms with Gasteiger partial charge in [-0.3, -0.25) is 9.78 Å². The van der Waals surface area contributed by atoms with Gasteiger partial charge in [0.1, 0.15) is 11.5 Å². The van der Waals surface area contributed by atoms with Gasteiger partial charge >= 0.3 is 5.97 Å². The molecule has 5 nitrogen and oxygen atoms in total. The van der Waals surface area contributed by atoms with Crippen LogP contribution in [-0.2, 0) is 4.79 Å². The number of rotatable bonds is 3. The molecule has 1 aliphatic rings. The first-order chi connectivity index (χ1) is 8.66. The lowest BCUT2D eigenvalue weighted by Crippen LogP contribution is -1.99. The maximum atomic E-state index is 10.9. The van der Waals surface area contributed by atoms with Crippen molar-refractivity contribution in [3.8, 4) is 11.4 Å². The summed E-state index contributed by atoms with van der Waals surface area (Å²) in [5.41, 5.74) is 2.55. The lowest BCUT2D eigenvalue weighted by molar-refractivity contribution is -0.138. The van der Waals surface area contributed by atoms with E-state index >= 15 is 0 Å². The van der Waals surface area contributed by atoms with Gasteiger partial charge < -0.3 is 10.1 Å². The Kier molecular flexibility index (Phi) is 2.40. The van der Waals surface area contributed by atoms with E-state index in [2.05, 4.69) is 15.0 Å². The van der Waals surface area contributed by atoms with Crippen LogP contribution in [0.4, 0.5) is 0 Å². The van der Waals surface area contributed by atoms with Gasteiger partial charge in [0.25, 0.3) is 0 Å². The van der Waals surface area contributed by atoms with Crippen LogP contribution in [-0.4, -0.2) is 26.0 Å². The standard InChI is InChI=1S/C13H13N3O2/c1-7-11(10-4-2-3-5-14-10)16-12(15-7)8-6-9(8)13(17)18/h2-5,8-9H,6H2,1H3,(H,15,16)(H,17,18). The Bertz CT molecular complexity index is 592. The Hall–Kier alpha value is -2.17. The molecule has 5 heteroatoms. The number of nitrogens with one attached hydrogen (secondary N) is 1. The van der Waals surface area contributed by atoms with Crippen molar-refractivity contribution in [3.63, 3.8) is 0 Å². The molecule has 92 valence electrons. The number of imidazole rings is 1. The number of hydrogen-bond donors (Lipinski definition) is 2. The molecule has 18 heavy (non-hydrogen) atoms. The molecule has 0 aromatic carbocycles. The van der Waals surface area contributed by atoms with Gasteiger partial charge in [0.05, 0.1) is 11.6 Å². The van der Waals surface area contributed by atoms with Crippen molar-refractivity contribution in [1.82, 2.24) is 15.0 Å². The SMILES string of the molecule is Cc1[nH]c(C2CC2C(=O)O)nc1-c1ccccn1. The smallest absolute Gasteiger partial charge is 0.307 e. The summed E-state index contributed by atoms with van der Waals surface area (Å²) in [7, 11) is 0. The molecule has 1 saturated carbocycles. The van der Waals surface area contributed by atoms with Gasteiger partial charge in [-0.1, -0.05) is 6.07 Å². The quantitative estimate of drug-likeness (QED) is 0.863. The summed E-state index contributed by atoms with van der Waals surface area (Å²) in [5, 5.41) is 8.92. The highest BCUT2D eigenvalue weighted by Crippen LogP contribution is 2.46. The van der Waals surface area contributed by atoms with Crippen molar-refractivity contribution in [2.75, 3.05) is 0 Å². The lowest BCUT2D eigenvalue weighted by Gasteiger charge is -1.95. The average molecular weight is 243 g/mol. The zero-order valence-corrected chi connectivity index (χ0v) is 9.92. The first-order valence-electron chi connectivity index (χ1n) is 5.87. The summed E-state index contributed by atoms with van der Waals surface area (Å²) in [6.07, 6.45) is 2.39. The van der Waals surface area contributed by atoms with E-state index in [9.17, 15) is 4.79 Å². The normalized spacial score (nSPS) is 21.8. The molecule has 0 aliphatic heterocycles. The predicted molar refractivity (Wildman–Crippen MR) is 65.0 cm³/mol. The number of nitrogens with zero attached hydrogens (tertiary/aromatic N) is 2. The van der Waals surface area contributed by atoms with Gasteiger partial charge in [-0.25, -0.2) is 4.98 Å². The fraction of sp³-hybridized carbons (Fsp3) is 0.308. The number of aliphatic carboxylic acids is 1. The van der Waals surface area contributed by atoms with E-state index in [1.807, 2.05) is 25.1 Å².